The molecule has 0 aromatic carbocycles. The zero-order valence-corrected chi connectivity index (χ0v) is 16.0. The first kappa shape index (κ1) is 22.0. The zero-order valence-electron chi connectivity index (χ0n) is 15.1. The summed E-state index contributed by atoms with van der Waals surface area (Å²) >= 11 is 0.782. The maximum absolute atomic E-state index is 13.8. The maximum atomic E-state index is 13.8. The second kappa shape index (κ2) is 8.38. The lowest BCUT2D eigenvalue weighted by Crippen LogP contribution is -2.48. The highest BCUT2D eigenvalue weighted by atomic mass is 32.2. The molecule has 10 heteroatoms. The Bertz CT molecular complexity index is 639. The van der Waals surface area contributed by atoms with Crippen LogP contribution in [0.1, 0.15) is 33.1 Å². The summed E-state index contributed by atoms with van der Waals surface area (Å²) in [5.74, 6) is -1.85. The van der Waals surface area contributed by atoms with E-state index in [1.165, 1.54) is 0 Å². The molecule has 2 aliphatic heterocycles. The van der Waals surface area contributed by atoms with Gasteiger partial charge in [0.05, 0.1) is 5.57 Å². The van der Waals surface area contributed by atoms with Gasteiger partial charge in [0, 0.05) is 18.6 Å². The van der Waals surface area contributed by atoms with Crippen LogP contribution in [0.25, 0.3) is 0 Å². The van der Waals surface area contributed by atoms with Gasteiger partial charge in [0.15, 0.2) is 0 Å². The first-order valence-electron chi connectivity index (χ1n) is 8.52. The van der Waals surface area contributed by atoms with Gasteiger partial charge in [-0.1, -0.05) is 25.6 Å². The molecule has 0 bridgehead atoms. The van der Waals surface area contributed by atoms with Gasteiger partial charge in [-0.25, -0.2) is 13.6 Å². The number of likely N-dealkylation sites (N-methyl/N-ethyl adjacent to an activating group) is 1. The van der Waals surface area contributed by atoms with Gasteiger partial charge >= 0.3 is 12.1 Å². The molecule has 154 valence electrons. The minimum Gasteiger partial charge on any atom is -0.478 e. The Balaban J connectivity index is 2.72. The number of hydrogen-bond donors (Lipinski definition) is 1. The summed E-state index contributed by atoms with van der Waals surface area (Å²) in [6.07, 6.45) is -7.05. The summed E-state index contributed by atoms with van der Waals surface area (Å²) < 4.78 is 74.1. The second-order valence-corrected chi connectivity index (χ2v) is 8.09. The van der Waals surface area contributed by atoms with Crippen LogP contribution in [0, 0.1) is 5.92 Å². The highest BCUT2D eigenvalue weighted by Crippen LogP contribution is 2.49. The van der Waals surface area contributed by atoms with Crippen LogP contribution in [-0.2, 0) is 9.53 Å². The summed E-state index contributed by atoms with van der Waals surface area (Å²) in [5.41, 5.74) is -2.64. The molecule has 0 radical (unpaired) electrons. The van der Waals surface area contributed by atoms with Crippen molar-refractivity contribution in [3.05, 3.63) is 21.7 Å². The van der Waals surface area contributed by atoms with Crippen molar-refractivity contribution in [3.8, 4) is 0 Å². The summed E-state index contributed by atoms with van der Waals surface area (Å²) in [6, 6.07) is -2.17. The minimum atomic E-state index is -4.91. The SMILES string of the molecule is CC(C)CC1=C(C(=O)O)C(C(F)F)N(C)C(C(F)(F)F)=C1SC1CCCO1. The first-order chi connectivity index (χ1) is 12.4. The fourth-order valence-electron chi connectivity index (χ4n) is 3.33. The predicted octanol–water partition coefficient (Wildman–Crippen LogP) is 4.64. The van der Waals surface area contributed by atoms with Crippen LogP contribution in [0.2, 0.25) is 0 Å². The van der Waals surface area contributed by atoms with Gasteiger partial charge in [-0.05, 0) is 30.8 Å². The van der Waals surface area contributed by atoms with Crippen LogP contribution in [0.4, 0.5) is 22.0 Å². The first-order valence-corrected chi connectivity index (χ1v) is 9.40. The Morgan fingerprint density at radius 3 is 2.41 bits per heavy atom. The van der Waals surface area contributed by atoms with Crippen molar-refractivity contribution in [2.24, 2.45) is 5.92 Å². The molecule has 2 rings (SSSR count). The third-order valence-corrected chi connectivity index (χ3v) is 5.68. The quantitative estimate of drug-likeness (QED) is 0.641. The average molecular weight is 415 g/mol. The Morgan fingerprint density at radius 1 is 1.37 bits per heavy atom. The lowest BCUT2D eigenvalue weighted by atomic mass is 9.89. The molecule has 2 unspecified atom stereocenters. The molecular formula is C17H22F5NO3S. The van der Waals surface area contributed by atoms with Gasteiger partial charge in [-0.2, -0.15) is 13.2 Å². The highest BCUT2D eigenvalue weighted by Gasteiger charge is 2.50. The van der Waals surface area contributed by atoms with Crippen LogP contribution >= 0.6 is 11.8 Å². The zero-order chi connectivity index (χ0) is 20.5. The van der Waals surface area contributed by atoms with Crippen molar-refractivity contribution >= 4 is 17.7 Å². The van der Waals surface area contributed by atoms with E-state index >= 15 is 0 Å². The average Bonchev–Trinajstić information content (AvgIpc) is 2.99. The second-order valence-electron chi connectivity index (χ2n) is 6.92. The monoisotopic (exact) mass is 415 g/mol. The Labute approximate surface area is 158 Å². The number of alkyl halides is 5. The molecule has 1 fully saturated rings. The van der Waals surface area contributed by atoms with Crippen molar-refractivity contribution in [1.29, 1.82) is 0 Å². The van der Waals surface area contributed by atoms with Crippen molar-refractivity contribution < 1.29 is 36.6 Å². The fourth-order valence-corrected chi connectivity index (χ4v) is 4.74. The Morgan fingerprint density at radius 2 is 2.00 bits per heavy atom. The molecule has 2 aliphatic rings. The number of halogens is 5. The fraction of sp³-hybridized carbons (Fsp3) is 0.706. The van der Waals surface area contributed by atoms with Crippen LogP contribution < -0.4 is 0 Å². The number of carboxylic acids is 1. The van der Waals surface area contributed by atoms with E-state index in [1.54, 1.807) is 13.8 Å². The standard InChI is InChI=1S/C17H22F5NO3S/c1-8(2)7-9-11(16(24)25)12(15(18)19)23(3)14(17(20,21)22)13(9)27-10-5-4-6-26-10/h8,10,12,15H,4-7H2,1-3H3,(H,24,25). The molecule has 27 heavy (non-hydrogen) atoms. The molecule has 1 saturated heterocycles. The molecular weight excluding hydrogens is 393 g/mol. The molecule has 0 aliphatic carbocycles. The molecule has 4 nitrogen and oxygen atoms in total. The van der Waals surface area contributed by atoms with E-state index in [1.807, 2.05) is 0 Å². The molecule has 1 N–H and O–H groups in total. The minimum absolute atomic E-state index is 0.0483. The van der Waals surface area contributed by atoms with E-state index < -0.39 is 41.3 Å². The van der Waals surface area contributed by atoms with Crippen molar-refractivity contribution in [3.63, 3.8) is 0 Å². The van der Waals surface area contributed by atoms with E-state index in [0.717, 1.165) is 18.8 Å². The Hall–Kier alpha value is -1.29. The van der Waals surface area contributed by atoms with Gasteiger partial charge in [-0.3, -0.25) is 0 Å². The van der Waals surface area contributed by atoms with E-state index in [2.05, 4.69) is 0 Å². The number of aliphatic carboxylic acids is 1. The van der Waals surface area contributed by atoms with E-state index in [4.69, 9.17) is 4.74 Å². The highest BCUT2D eigenvalue weighted by molar-refractivity contribution is 8.03. The molecule has 0 aromatic heterocycles. The number of hydrogen-bond acceptors (Lipinski definition) is 4. The largest absolute Gasteiger partial charge is 0.478 e. The number of allylic oxidation sites excluding steroid dienone is 2. The van der Waals surface area contributed by atoms with Gasteiger partial charge in [0.1, 0.15) is 17.2 Å². The number of rotatable bonds is 6. The molecule has 0 amide bonds. The molecule has 0 aromatic rings. The van der Waals surface area contributed by atoms with Crippen LogP contribution in [0.5, 0.6) is 0 Å². The van der Waals surface area contributed by atoms with Crippen molar-refractivity contribution in [2.45, 2.75) is 57.2 Å². The third kappa shape index (κ3) is 4.77. The van der Waals surface area contributed by atoms with Gasteiger partial charge in [-0.15, -0.1) is 0 Å². The Kier molecular flexibility index (Phi) is 6.83. The van der Waals surface area contributed by atoms with Crippen LogP contribution in [0.15, 0.2) is 21.7 Å². The predicted molar refractivity (Wildman–Crippen MR) is 91.3 cm³/mol. The molecule has 2 heterocycles. The summed E-state index contributed by atoms with van der Waals surface area (Å²) in [4.78, 5) is 11.8. The number of carboxylic acid groups (broad SMARTS) is 1. The van der Waals surface area contributed by atoms with Gasteiger partial charge < -0.3 is 14.7 Å². The van der Waals surface area contributed by atoms with Crippen molar-refractivity contribution in [2.75, 3.05) is 13.7 Å². The van der Waals surface area contributed by atoms with E-state index in [-0.39, 0.29) is 22.8 Å². The number of thioether (sulfide) groups is 1. The van der Waals surface area contributed by atoms with Crippen LogP contribution in [-0.4, -0.2) is 53.7 Å². The van der Waals surface area contributed by atoms with Crippen LogP contribution in [0.3, 0.4) is 0 Å². The van der Waals surface area contributed by atoms with Crippen molar-refractivity contribution in [1.82, 2.24) is 4.90 Å². The van der Waals surface area contributed by atoms with E-state index in [0.29, 0.717) is 24.3 Å². The smallest absolute Gasteiger partial charge is 0.432 e. The number of nitrogens with zero attached hydrogens (tertiary/aromatic N) is 1. The summed E-state index contributed by atoms with van der Waals surface area (Å²) in [6.45, 7) is 3.80. The van der Waals surface area contributed by atoms with E-state index in [9.17, 15) is 31.9 Å². The maximum Gasteiger partial charge on any atom is 0.432 e. The van der Waals surface area contributed by atoms with Gasteiger partial charge in [0.25, 0.3) is 6.43 Å². The normalized spacial score (nSPS) is 24.6. The number of carbonyl (C=O) groups is 1. The third-order valence-electron chi connectivity index (χ3n) is 4.37. The van der Waals surface area contributed by atoms with Gasteiger partial charge in [0.2, 0.25) is 0 Å². The number of ether oxygens (including phenoxy) is 1. The lowest BCUT2D eigenvalue weighted by molar-refractivity contribution is -0.136. The summed E-state index contributed by atoms with van der Waals surface area (Å²) in [5, 5.41) is 9.56. The topological polar surface area (TPSA) is 49.8 Å². The summed E-state index contributed by atoms with van der Waals surface area (Å²) in [7, 11) is 0.866. The molecule has 0 spiro atoms. The molecule has 2 atom stereocenters. The molecule has 0 saturated carbocycles. The lowest BCUT2D eigenvalue weighted by Gasteiger charge is -2.40.